The smallest absolute Gasteiger partial charge is 0.407 e. The number of hydrogen-bond donors (Lipinski definition) is 3. The molecule has 11 nitrogen and oxygen atoms in total. The molecule has 0 spiro atoms. The quantitative estimate of drug-likeness (QED) is 0.190. The molecule has 0 radical (unpaired) electrons. The summed E-state index contributed by atoms with van der Waals surface area (Å²) in [4.78, 5) is 48.7. The van der Waals surface area contributed by atoms with Crippen LogP contribution < -0.4 is 16.0 Å². The van der Waals surface area contributed by atoms with Crippen LogP contribution in [0.2, 0.25) is 0 Å². The summed E-state index contributed by atoms with van der Waals surface area (Å²) < 4.78 is 11.0. The van der Waals surface area contributed by atoms with Crippen molar-refractivity contribution < 1.29 is 23.9 Å². The minimum absolute atomic E-state index is 0.0125. The predicted octanol–water partition coefficient (Wildman–Crippen LogP) is 4.63. The van der Waals surface area contributed by atoms with Crippen molar-refractivity contribution >= 4 is 29.4 Å². The number of carbonyl (C=O) groups is 3. The van der Waals surface area contributed by atoms with Gasteiger partial charge in [-0.1, -0.05) is 60.7 Å². The first-order valence-electron chi connectivity index (χ1n) is 16.8. The lowest BCUT2D eigenvalue weighted by Crippen LogP contribution is -2.54. The van der Waals surface area contributed by atoms with E-state index >= 15 is 0 Å². The Kier molecular flexibility index (Phi) is 15.1. The molecule has 1 saturated heterocycles. The second-order valence-electron chi connectivity index (χ2n) is 12.5. The van der Waals surface area contributed by atoms with Gasteiger partial charge in [0.05, 0.1) is 23.6 Å². The second kappa shape index (κ2) is 19.7. The molecule has 1 aromatic heterocycles. The number of nitrogens with zero attached hydrogens (tertiary/aromatic N) is 3. The maximum Gasteiger partial charge on any atom is 0.407 e. The predicted molar refractivity (Wildman–Crippen MR) is 188 cm³/mol. The number of ether oxygens (including phenoxy) is 2. The van der Waals surface area contributed by atoms with Crippen LogP contribution in [0.25, 0.3) is 0 Å². The van der Waals surface area contributed by atoms with Crippen molar-refractivity contribution in [3.8, 4) is 0 Å². The Labute approximate surface area is 288 Å². The van der Waals surface area contributed by atoms with Gasteiger partial charge in [-0.25, -0.2) is 9.59 Å². The van der Waals surface area contributed by atoms with E-state index in [1.165, 1.54) is 11.3 Å². The van der Waals surface area contributed by atoms with Crippen LogP contribution in [0.5, 0.6) is 0 Å². The van der Waals surface area contributed by atoms with Crippen LogP contribution in [0.4, 0.5) is 9.59 Å². The summed E-state index contributed by atoms with van der Waals surface area (Å²) in [5.74, 6) is -0.216. The monoisotopic (exact) mass is 678 g/mol. The molecule has 1 aliphatic rings. The van der Waals surface area contributed by atoms with Crippen LogP contribution in [0.1, 0.15) is 49.1 Å². The maximum atomic E-state index is 14.0. The topological polar surface area (TPSA) is 125 Å². The van der Waals surface area contributed by atoms with E-state index < -0.39 is 12.1 Å². The highest BCUT2D eigenvalue weighted by Crippen LogP contribution is 2.15. The Balaban J connectivity index is 1.46. The first kappa shape index (κ1) is 36.8. The second-order valence-corrected chi connectivity index (χ2v) is 13.5. The maximum absolute atomic E-state index is 14.0. The summed E-state index contributed by atoms with van der Waals surface area (Å²) in [5, 5.41) is 9.34. The average molecular weight is 679 g/mol. The molecule has 3 N–H and O–H groups in total. The van der Waals surface area contributed by atoms with Crippen molar-refractivity contribution in [2.75, 3.05) is 39.9 Å². The number of morpholine rings is 1. The Morgan fingerprint density at radius 1 is 0.896 bits per heavy atom. The number of alkyl carbamates (subject to hydrolysis) is 1. The molecule has 0 aliphatic carbocycles. The fourth-order valence-electron chi connectivity index (χ4n) is 5.50. The van der Waals surface area contributed by atoms with E-state index in [9.17, 15) is 14.4 Å². The molecule has 0 saturated carbocycles. The van der Waals surface area contributed by atoms with Crippen LogP contribution in [-0.2, 0) is 33.7 Å². The minimum atomic E-state index is -0.709. The molecular formula is C36H50N6O5S. The minimum Gasteiger partial charge on any atom is -0.444 e. The van der Waals surface area contributed by atoms with Gasteiger partial charge in [-0.15, -0.1) is 11.3 Å². The third-order valence-electron chi connectivity index (χ3n) is 8.56. The molecule has 4 amide bonds. The first-order chi connectivity index (χ1) is 23.3. The highest BCUT2D eigenvalue weighted by molar-refractivity contribution is 7.09. The number of thiazole rings is 1. The molecular weight excluding hydrogens is 629 g/mol. The number of hydrogen-bond acceptors (Lipinski definition) is 8. The summed E-state index contributed by atoms with van der Waals surface area (Å²) in [6, 6.07) is 18.6. The third kappa shape index (κ3) is 12.9. The molecule has 3 atom stereocenters. The van der Waals surface area contributed by atoms with Crippen molar-refractivity contribution in [1.29, 1.82) is 0 Å². The molecule has 2 aromatic carbocycles. The van der Waals surface area contributed by atoms with Crippen molar-refractivity contribution in [3.05, 3.63) is 88.4 Å². The lowest BCUT2D eigenvalue weighted by atomic mass is 9.95. The van der Waals surface area contributed by atoms with E-state index in [2.05, 4.69) is 25.8 Å². The first-order valence-corrected chi connectivity index (χ1v) is 17.7. The zero-order valence-electron chi connectivity index (χ0n) is 28.3. The largest absolute Gasteiger partial charge is 0.444 e. The van der Waals surface area contributed by atoms with Crippen molar-refractivity contribution in [3.63, 3.8) is 0 Å². The number of urea groups is 1. The number of amides is 4. The van der Waals surface area contributed by atoms with Gasteiger partial charge in [-0.2, -0.15) is 0 Å². The van der Waals surface area contributed by atoms with Gasteiger partial charge in [0.25, 0.3) is 0 Å². The van der Waals surface area contributed by atoms with E-state index in [1.807, 2.05) is 74.5 Å². The SMILES string of the molecule is CC(C)N(C)C(=O)N[C@H](CCN1CCOCC1)C(=O)N[C@H](CC[C@H](Cc1ccccc1)NC(=O)OCc1cncs1)Cc1ccccc1. The molecule has 1 fully saturated rings. The Morgan fingerprint density at radius 3 is 2.06 bits per heavy atom. The van der Waals surface area contributed by atoms with Gasteiger partial charge in [-0.3, -0.25) is 14.7 Å². The normalized spacial score (nSPS) is 15.2. The zero-order valence-corrected chi connectivity index (χ0v) is 29.1. The van der Waals surface area contributed by atoms with Gasteiger partial charge in [0.15, 0.2) is 0 Å². The number of carbonyl (C=O) groups excluding carboxylic acids is 3. The van der Waals surface area contributed by atoms with E-state index in [1.54, 1.807) is 23.7 Å². The number of aromatic nitrogens is 1. The van der Waals surface area contributed by atoms with Gasteiger partial charge in [0.2, 0.25) is 5.91 Å². The average Bonchev–Trinajstić information content (AvgIpc) is 3.63. The summed E-state index contributed by atoms with van der Waals surface area (Å²) >= 11 is 1.43. The van der Waals surface area contributed by atoms with Crippen LogP contribution >= 0.6 is 11.3 Å². The highest BCUT2D eigenvalue weighted by atomic mass is 32.1. The Morgan fingerprint density at radius 2 is 1.50 bits per heavy atom. The fourth-order valence-corrected chi connectivity index (χ4v) is 6.01. The standard InChI is InChI=1S/C36H50N6O5S/c1-27(2)41(3)35(44)40-33(16-17-42-18-20-46-21-19-42)34(43)38-30(22-28-10-6-4-7-11-28)14-15-31(23-29-12-8-5-9-13-29)39-36(45)47-25-32-24-37-26-48-32/h4-13,24,26-27,30-31,33H,14-23,25H2,1-3H3,(H,38,43)(H,39,45)(H,40,44)/t30-,31-,33-/m1/s1. The van der Waals surface area contributed by atoms with Crippen LogP contribution in [0.3, 0.4) is 0 Å². The molecule has 48 heavy (non-hydrogen) atoms. The van der Waals surface area contributed by atoms with Crippen molar-refractivity contribution in [1.82, 2.24) is 30.7 Å². The molecule has 0 unspecified atom stereocenters. The van der Waals surface area contributed by atoms with Crippen molar-refractivity contribution in [2.45, 2.75) is 76.7 Å². The molecule has 12 heteroatoms. The number of rotatable bonds is 17. The molecule has 260 valence electrons. The zero-order chi connectivity index (χ0) is 34.1. The lowest BCUT2D eigenvalue weighted by Gasteiger charge is -2.31. The van der Waals surface area contributed by atoms with Crippen molar-refractivity contribution in [2.24, 2.45) is 0 Å². The van der Waals surface area contributed by atoms with Gasteiger partial charge in [0.1, 0.15) is 12.6 Å². The number of benzene rings is 2. The molecule has 3 aromatic rings. The third-order valence-corrected chi connectivity index (χ3v) is 9.31. The Hall–Kier alpha value is -4.00. The van der Waals surface area contributed by atoms with Gasteiger partial charge in [0, 0.05) is 51.0 Å². The van der Waals surface area contributed by atoms with Gasteiger partial charge in [-0.05, 0) is 57.1 Å². The molecule has 2 heterocycles. The van der Waals surface area contributed by atoms with Crippen LogP contribution in [0.15, 0.2) is 72.4 Å². The Bertz CT molecular complexity index is 1370. The van der Waals surface area contributed by atoms with E-state index in [0.29, 0.717) is 51.9 Å². The molecule has 0 bridgehead atoms. The van der Waals surface area contributed by atoms with Crippen LogP contribution in [0, 0.1) is 0 Å². The summed E-state index contributed by atoms with van der Waals surface area (Å²) in [5.41, 5.74) is 3.89. The number of nitrogens with one attached hydrogen (secondary N) is 3. The van der Waals surface area contributed by atoms with E-state index in [0.717, 1.165) is 29.1 Å². The summed E-state index contributed by atoms with van der Waals surface area (Å²) in [7, 11) is 1.73. The lowest BCUT2D eigenvalue weighted by molar-refractivity contribution is -0.124. The van der Waals surface area contributed by atoms with E-state index in [-0.39, 0.29) is 36.7 Å². The van der Waals surface area contributed by atoms with Gasteiger partial charge < -0.3 is 30.3 Å². The van der Waals surface area contributed by atoms with E-state index in [4.69, 9.17) is 9.47 Å². The highest BCUT2D eigenvalue weighted by Gasteiger charge is 2.27. The molecule has 4 rings (SSSR count). The summed E-state index contributed by atoms with van der Waals surface area (Å²) in [6.07, 6.45) is 4.10. The molecule has 1 aliphatic heterocycles. The summed E-state index contributed by atoms with van der Waals surface area (Å²) in [6.45, 7) is 7.63. The fraction of sp³-hybridized carbons (Fsp3) is 0.500. The van der Waals surface area contributed by atoms with Gasteiger partial charge >= 0.3 is 12.1 Å². The van der Waals surface area contributed by atoms with Crippen LogP contribution in [-0.4, -0.2) is 96.9 Å².